The lowest BCUT2D eigenvalue weighted by atomic mass is 9.94. The summed E-state index contributed by atoms with van der Waals surface area (Å²) < 4.78 is 0. The summed E-state index contributed by atoms with van der Waals surface area (Å²) in [6.07, 6.45) is 1.81. The molecule has 1 N–H and O–H groups in total. The van der Waals surface area contributed by atoms with E-state index in [1.807, 2.05) is 45.2 Å². The molecule has 29 heavy (non-hydrogen) atoms. The number of benzene rings is 2. The lowest BCUT2D eigenvalue weighted by Crippen LogP contribution is -2.16. The molecule has 0 aliphatic rings. The predicted octanol–water partition coefficient (Wildman–Crippen LogP) is 4.19. The molecule has 1 aromatic heterocycles. The molecule has 0 unspecified atom stereocenters. The van der Waals surface area contributed by atoms with Crippen LogP contribution in [0.15, 0.2) is 51.3 Å². The molecule has 0 bridgehead atoms. The van der Waals surface area contributed by atoms with E-state index < -0.39 is 0 Å². The average molecular weight is 407 g/mol. The van der Waals surface area contributed by atoms with Gasteiger partial charge in [-0.15, -0.1) is 10.2 Å². The molecule has 0 aliphatic carbocycles. The number of rotatable bonds is 5. The van der Waals surface area contributed by atoms with Crippen LogP contribution in [0.2, 0.25) is 0 Å². The van der Waals surface area contributed by atoms with Gasteiger partial charge in [0.05, 0.1) is 5.69 Å². The Morgan fingerprint density at radius 1 is 1.07 bits per heavy atom. The molecule has 0 spiro atoms. The van der Waals surface area contributed by atoms with Gasteiger partial charge in [-0.25, -0.2) is 4.99 Å². The molecule has 0 saturated carbocycles. The third kappa shape index (κ3) is 4.35. The predicted molar refractivity (Wildman–Crippen MR) is 117 cm³/mol. The number of Topliss-reactive ketones (excluding diaryl/α,β-unsaturated/α-hetero) is 1. The van der Waals surface area contributed by atoms with Crippen molar-refractivity contribution in [3.05, 3.63) is 69.0 Å². The highest BCUT2D eigenvalue weighted by Gasteiger charge is 2.18. The van der Waals surface area contributed by atoms with E-state index in [-0.39, 0.29) is 17.0 Å². The summed E-state index contributed by atoms with van der Waals surface area (Å²) in [4.78, 5) is 32.4. The molecule has 0 amide bonds. The first-order chi connectivity index (χ1) is 13.8. The first-order valence-corrected chi connectivity index (χ1v) is 10.3. The Hall–Kier alpha value is -3.06. The molecular weight excluding hydrogens is 384 g/mol. The fraction of sp³-hybridized carbons (Fsp3) is 0.227. The fourth-order valence-electron chi connectivity index (χ4n) is 3.35. The zero-order chi connectivity index (χ0) is 21.1. The van der Waals surface area contributed by atoms with Gasteiger partial charge < -0.3 is 0 Å². The van der Waals surface area contributed by atoms with Crippen LogP contribution < -0.4 is 5.56 Å². The second-order valence-electron chi connectivity index (χ2n) is 6.82. The van der Waals surface area contributed by atoms with Gasteiger partial charge in [-0.1, -0.05) is 47.7 Å². The fourth-order valence-corrected chi connectivity index (χ4v) is 3.66. The number of carbonyl (C=O) groups is 1. The van der Waals surface area contributed by atoms with Crippen LogP contribution in [-0.4, -0.2) is 32.9 Å². The van der Waals surface area contributed by atoms with Gasteiger partial charge >= 0.3 is 0 Å². The van der Waals surface area contributed by atoms with Gasteiger partial charge in [0.1, 0.15) is 5.71 Å². The Kier molecular flexibility index (Phi) is 6.08. The van der Waals surface area contributed by atoms with Crippen molar-refractivity contribution in [3.63, 3.8) is 0 Å². The number of thioether (sulfide) groups is 1. The lowest BCUT2D eigenvalue weighted by Gasteiger charge is -2.13. The number of aliphatic imine (C=N–C) groups is 1. The lowest BCUT2D eigenvalue weighted by molar-refractivity contribution is -0.111. The van der Waals surface area contributed by atoms with Gasteiger partial charge in [0.15, 0.2) is 16.6 Å². The Balaban J connectivity index is 2.22. The molecule has 2 aromatic carbocycles. The normalized spacial score (nSPS) is 11.6. The van der Waals surface area contributed by atoms with Crippen molar-refractivity contribution in [1.29, 1.82) is 0 Å². The second-order valence-corrected chi connectivity index (χ2v) is 7.61. The van der Waals surface area contributed by atoms with E-state index in [4.69, 9.17) is 0 Å². The van der Waals surface area contributed by atoms with Crippen molar-refractivity contribution in [3.8, 4) is 11.3 Å². The second kappa shape index (κ2) is 8.53. The minimum Gasteiger partial charge on any atom is -0.298 e. The Morgan fingerprint density at radius 3 is 2.31 bits per heavy atom. The molecule has 1 heterocycles. The third-order valence-electron chi connectivity index (χ3n) is 4.51. The highest BCUT2D eigenvalue weighted by atomic mass is 32.2. The maximum atomic E-state index is 12.5. The van der Waals surface area contributed by atoms with Crippen molar-refractivity contribution in [2.24, 2.45) is 4.99 Å². The van der Waals surface area contributed by atoms with Crippen LogP contribution in [-0.2, 0) is 4.79 Å². The summed E-state index contributed by atoms with van der Waals surface area (Å²) in [5.41, 5.74) is 5.10. The molecule has 0 aliphatic heterocycles. The summed E-state index contributed by atoms with van der Waals surface area (Å²) >= 11 is 1.31. The molecule has 7 heteroatoms. The molecular formula is C22H22N4O2S. The average Bonchev–Trinajstić information content (AvgIpc) is 2.66. The number of nitrogens with one attached hydrogen (secondary N) is 1. The number of ketones is 1. The molecule has 148 valence electrons. The van der Waals surface area contributed by atoms with E-state index >= 15 is 0 Å². The van der Waals surface area contributed by atoms with Crippen LogP contribution >= 0.6 is 11.8 Å². The Labute approximate surface area is 173 Å². The van der Waals surface area contributed by atoms with Gasteiger partial charge in [0.25, 0.3) is 5.56 Å². The molecule has 3 aromatic rings. The maximum absolute atomic E-state index is 12.5. The maximum Gasteiger partial charge on any atom is 0.278 e. The Bertz CT molecular complexity index is 1160. The first kappa shape index (κ1) is 20.7. The van der Waals surface area contributed by atoms with Crippen LogP contribution in [0, 0.1) is 20.8 Å². The standard InChI is InChI=1S/C22H22N4O2S/c1-12-10-13(2)18(14(3)11-12)19(15(4)27)23-17-9-7-6-8-16(17)20-21(28)24-22(29-5)26-25-20/h6-11H,1-5H3,(H,24,26,28). The summed E-state index contributed by atoms with van der Waals surface area (Å²) in [6.45, 7) is 7.46. The summed E-state index contributed by atoms with van der Waals surface area (Å²) in [7, 11) is 0. The number of hydrogen-bond donors (Lipinski definition) is 1. The summed E-state index contributed by atoms with van der Waals surface area (Å²) in [6, 6.07) is 11.2. The number of aryl methyl sites for hydroxylation is 3. The number of aromatic amines is 1. The number of carbonyl (C=O) groups excluding carboxylic acids is 1. The highest BCUT2D eigenvalue weighted by molar-refractivity contribution is 7.98. The largest absolute Gasteiger partial charge is 0.298 e. The van der Waals surface area contributed by atoms with E-state index in [9.17, 15) is 9.59 Å². The van der Waals surface area contributed by atoms with Gasteiger partial charge in [-0.2, -0.15) is 0 Å². The van der Waals surface area contributed by atoms with Crippen molar-refractivity contribution in [2.75, 3.05) is 6.26 Å². The van der Waals surface area contributed by atoms with E-state index in [1.165, 1.54) is 18.7 Å². The van der Waals surface area contributed by atoms with Crippen LogP contribution in [0.5, 0.6) is 0 Å². The van der Waals surface area contributed by atoms with Gasteiger partial charge in [0, 0.05) is 18.1 Å². The number of hydrogen-bond acceptors (Lipinski definition) is 6. The minimum absolute atomic E-state index is 0.146. The van der Waals surface area contributed by atoms with E-state index in [2.05, 4.69) is 20.2 Å². The third-order valence-corrected chi connectivity index (χ3v) is 5.08. The topological polar surface area (TPSA) is 88.1 Å². The monoisotopic (exact) mass is 406 g/mol. The smallest absolute Gasteiger partial charge is 0.278 e. The zero-order valence-corrected chi connectivity index (χ0v) is 17.8. The Morgan fingerprint density at radius 2 is 1.72 bits per heavy atom. The van der Waals surface area contributed by atoms with Crippen molar-refractivity contribution in [1.82, 2.24) is 15.2 Å². The zero-order valence-electron chi connectivity index (χ0n) is 17.0. The highest BCUT2D eigenvalue weighted by Crippen LogP contribution is 2.29. The molecule has 0 fully saturated rings. The summed E-state index contributed by atoms with van der Waals surface area (Å²) in [5, 5.41) is 8.55. The first-order valence-electron chi connectivity index (χ1n) is 9.10. The van der Waals surface area contributed by atoms with Crippen LogP contribution in [0.3, 0.4) is 0 Å². The molecule has 6 nitrogen and oxygen atoms in total. The van der Waals surface area contributed by atoms with Gasteiger partial charge in [-0.3, -0.25) is 14.6 Å². The van der Waals surface area contributed by atoms with E-state index in [0.717, 1.165) is 22.3 Å². The SMILES string of the molecule is CSc1nnc(-c2ccccc2N=C(C(C)=O)c2c(C)cc(C)cc2C)c(=O)[nH]1. The van der Waals surface area contributed by atoms with Crippen molar-refractivity contribution < 1.29 is 4.79 Å². The molecule has 0 atom stereocenters. The van der Waals surface area contributed by atoms with Crippen LogP contribution in [0.4, 0.5) is 5.69 Å². The summed E-state index contributed by atoms with van der Waals surface area (Å²) in [5.74, 6) is -0.146. The van der Waals surface area contributed by atoms with Crippen molar-refractivity contribution >= 4 is 28.9 Å². The van der Waals surface area contributed by atoms with Gasteiger partial charge in [0.2, 0.25) is 0 Å². The number of nitrogens with zero attached hydrogens (tertiary/aromatic N) is 3. The number of para-hydroxylation sites is 1. The van der Waals surface area contributed by atoms with Gasteiger partial charge in [-0.05, 0) is 44.2 Å². The van der Waals surface area contributed by atoms with E-state index in [0.29, 0.717) is 22.1 Å². The minimum atomic E-state index is -0.348. The quantitative estimate of drug-likeness (QED) is 0.507. The van der Waals surface area contributed by atoms with Crippen LogP contribution in [0.25, 0.3) is 11.3 Å². The number of aromatic nitrogens is 3. The molecule has 0 saturated heterocycles. The van der Waals surface area contributed by atoms with Crippen LogP contribution in [0.1, 0.15) is 29.2 Å². The molecule has 3 rings (SSSR count). The van der Waals surface area contributed by atoms with Crippen molar-refractivity contribution in [2.45, 2.75) is 32.9 Å². The molecule has 0 radical (unpaired) electrons. The number of H-pyrrole nitrogens is 1. The van der Waals surface area contributed by atoms with E-state index in [1.54, 1.807) is 18.2 Å².